The van der Waals surface area contributed by atoms with Gasteiger partial charge in [0.25, 0.3) is 0 Å². The van der Waals surface area contributed by atoms with Gasteiger partial charge in [-0.3, -0.25) is 4.79 Å². The van der Waals surface area contributed by atoms with E-state index in [9.17, 15) is 4.79 Å². The standard InChI is InChI=1S/C20H21ClN4OS/c1-14(2)12-18(26)22-16-10-6-7-11-17(16)27-20-23-19(21)24-25(20)13-15-8-4-3-5-9-15/h3-11,14H,12-13H2,1-2H3,(H,22,26). The summed E-state index contributed by atoms with van der Waals surface area (Å²) in [6.07, 6.45) is 0.481. The lowest BCUT2D eigenvalue weighted by atomic mass is 10.1. The topological polar surface area (TPSA) is 59.8 Å². The van der Waals surface area contributed by atoms with Crippen LogP contribution in [0.5, 0.6) is 0 Å². The molecule has 0 saturated heterocycles. The lowest BCUT2D eigenvalue weighted by Crippen LogP contribution is -2.14. The minimum absolute atomic E-state index is 0.00170. The van der Waals surface area contributed by atoms with Crippen LogP contribution in [0.1, 0.15) is 25.8 Å². The van der Waals surface area contributed by atoms with Gasteiger partial charge in [0.05, 0.1) is 12.2 Å². The second-order valence-electron chi connectivity index (χ2n) is 6.55. The van der Waals surface area contributed by atoms with Gasteiger partial charge in [-0.25, -0.2) is 4.68 Å². The highest BCUT2D eigenvalue weighted by molar-refractivity contribution is 7.99. The van der Waals surface area contributed by atoms with Crippen molar-refractivity contribution in [2.45, 2.75) is 36.9 Å². The molecule has 0 fully saturated rings. The lowest BCUT2D eigenvalue weighted by Gasteiger charge is -2.12. The third-order valence-electron chi connectivity index (χ3n) is 3.74. The zero-order valence-electron chi connectivity index (χ0n) is 15.2. The molecule has 0 saturated carbocycles. The summed E-state index contributed by atoms with van der Waals surface area (Å²) in [6, 6.07) is 17.7. The maximum atomic E-state index is 12.2. The molecule has 3 rings (SSSR count). The van der Waals surface area contributed by atoms with Crippen molar-refractivity contribution < 1.29 is 4.79 Å². The minimum Gasteiger partial charge on any atom is -0.325 e. The van der Waals surface area contributed by atoms with Crippen LogP contribution in [0.4, 0.5) is 5.69 Å². The van der Waals surface area contributed by atoms with Gasteiger partial charge in [-0.05, 0) is 47.0 Å². The van der Waals surface area contributed by atoms with E-state index in [1.54, 1.807) is 4.68 Å². The van der Waals surface area contributed by atoms with E-state index in [4.69, 9.17) is 11.6 Å². The van der Waals surface area contributed by atoms with Crippen LogP contribution in [0.25, 0.3) is 0 Å². The lowest BCUT2D eigenvalue weighted by molar-refractivity contribution is -0.116. The molecule has 0 unspecified atom stereocenters. The molecule has 5 nitrogen and oxygen atoms in total. The van der Waals surface area contributed by atoms with E-state index < -0.39 is 0 Å². The number of benzene rings is 2. The molecule has 1 aromatic heterocycles. The van der Waals surface area contributed by atoms with Gasteiger partial charge >= 0.3 is 0 Å². The molecule has 1 heterocycles. The Balaban J connectivity index is 1.81. The highest BCUT2D eigenvalue weighted by Crippen LogP contribution is 2.33. The Morgan fingerprint density at radius 2 is 1.85 bits per heavy atom. The molecule has 3 aromatic rings. The molecule has 1 N–H and O–H groups in total. The molecule has 2 aromatic carbocycles. The average molecular weight is 401 g/mol. The van der Waals surface area contributed by atoms with E-state index in [0.717, 1.165) is 16.1 Å². The first-order valence-corrected chi connectivity index (χ1v) is 9.91. The van der Waals surface area contributed by atoms with E-state index in [1.165, 1.54) is 11.8 Å². The number of aromatic nitrogens is 3. The quantitative estimate of drug-likeness (QED) is 0.598. The van der Waals surface area contributed by atoms with Crippen molar-refractivity contribution in [3.63, 3.8) is 0 Å². The molecular formula is C20H21ClN4OS. The van der Waals surface area contributed by atoms with E-state index >= 15 is 0 Å². The van der Waals surface area contributed by atoms with Crippen molar-refractivity contribution in [2.75, 3.05) is 5.32 Å². The van der Waals surface area contributed by atoms with Crippen LogP contribution in [-0.2, 0) is 11.3 Å². The van der Waals surface area contributed by atoms with Gasteiger partial charge in [0.2, 0.25) is 11.2 Å². The second kappa shape index (κ2) is 9.06. The van der Waals surface area contributed by atoms with Crippen molar-refractivity contribution in [1.29, 1.82) is 0 Å². The summed E-state index contributed by atoms with van der Waals surface area (Å²) in [5.41, 5.74) is 1.87. The zero-order valence-corrected chi connectivity index (χ0v) is 16.8. The number of para-hydroxylation sites is 1. The number of hydrogen-bond acceptors (Lipinski definition) is 4. The van der Waals surface area contributed by atoms with Gasteiger partial charge < -0.3 is 5.32 Å². The number of nitrogens with zero attached hydrogens (tertiary/aromatic N) is 3. The van der Waals surface area contributed by atoms with Crippen molar-refractivity contribution in [2.24, 2.45) is 5.92 Å². The van der Waals surface area contributed by atoms with Crippen LogP contribution in [0.2, 0.25) is 5.28 Å². The van der Waals surface area contributed by atoms with Crippen LogP contribution >= 0.6 is 23.4 Å². The number of amides is 1. The SMILES string of the molecule is CC(C)CC(=O)Nc1ccccc1Sc1nc(Cl)nn1Cc1ccccc1. The third kappa shape index (κ3) is 5.58. The fourth-order valence-corrected chi connectivity index (χ4v) is 3.70. The van der Waals surface area contributed by atoms with Gasteiger partial charge in [-0.15, -0.1) is 5.10 Å². The fourth-order valence-electron chi connectivity index (χ4n) is 2.57. The third-order valence-corrected chi connectivity index (χ3v) is 4.96. The number of rotatable bonds is 7. The van der Waals surface area contributed by atoms with Gasteiger partial charge in [0.1, 0.15) is 0 Å². The normalized spacial score (nSPS) is 11.0. The first kappa shape index (κ1) is 19.5. The Bertz CT molecular complexity index is 911. The van der Waals surface area contributed by atoms with Crippen LogP contribution in [0.15, 0.2) is 64.6 Å². The Morgan fingerprint density at radius 3 is 2.59 bits per heavy atom. The Kier molecular flexibility index (Phi) is 6.53. The molecule has 0 atom stereocenters. The molecule has 0 aliphatic heterocycles. The van der Waals surface area contributed by atoms with Gasteiger partial charge in [0, 0.05) is 11.3 Å². The number of anilines is 1. The first-order chi connectivity index (χ1) is 13.0. The number of nitrogens with one attached hydrogen (secondary N) is 1. The van der Waals surface area contributed by atoms with Gasteiger partial charge in [-0.2, -0.15) is 4.98 Å². The maximum Gasteiger partial charge on any atom is 0.243 e. The zero-order chi connectivity index (χ0) is 19.2. The van der Waals surface area contributed by atoms with Crippen LogP contribution < -0.4 is 5.32 Å². The number of carbonyl (C=O) groups excluding carboxylic acids is 1. The molecule has 140 valence electrons. The minimum atomic E-state index is 0.00170. The summed E-state index contributed by atoms with van der Waals surface area (Å²) in [7, 11) is 0. The molecule has 27 heavy (non-hydrogen) atoms. The van der Waals surface area contributed by atoms with Crippen molar-refractivity contribution in [3.05, 3.63) is 65.4 Å². The van der Waals surface area contributed by atoms with Crippen LogP contribution in [0, 0.1) is 5.92 Å². The highest BCUT2D eigenvalue weighted by Gasteiger charge is 2.14. The highest BCUT2D eigenvalue weighted by atomic mass is 35.5. The summed E-state index contributed by atoms with van der Waals surface area (Å²) in [5, 5.41) is 8.16. The number of hydrogen-bond donors (Lipinski definition) is 1. The molecular weight excluding hydrogens is 380 g/mol. The average Bonchev–Trinajstić information content (AvgIpc) is 2.96. The Labute approximate surface area is 168 Å². The Hall–Kier alpha value is -2.31. The van der Waals surface area contributed by atoms with Gasteiger partial charge in [0.15, 0.2) is 5.16 Å². The molecule has 0 radical (unpaired) electrons. The van der Waals surface area contributed by atoms with Crippen LogP contribution in [-0.4, -0.2) is 20.7 Å². The summed E-state index contributed by atoms with van der Waals surface area (Å²) in [5.74, 6) is 0.305. The van der Waals surface area contributed by atoms with E-state index in [-0.39, 0.29) is 11.2 Å². The smallest absolute Gasteiger partial charge is 0.243 e. The van der Waals surface area contributed by atoms with Crippen LogP contribution in [0.3, 0.4) is 0 Å². The van der Waals surface area contributed by atoms with E-state index in [2.05, 4.69) is 15.4 Å². The van der Waals surface area contributed by atoms with Gasteiger partial charge in [-0.1, -0.05) is 56.3 Å². The number of halogens is 1. The van der Waals surface area contributed by atoms with Crippen molar-refractivity contribution in [3.8, 4) is 0 Å². The van der Waals surface area contributed by atoms with Crippen molar-refractivity contribution >= 4 is 35.0 Å². The molecule has 1 amide bonds. The monoisotopic (exact) mass is 400 g/mol. The van der Waals surface area contributed by atoms with E-state index in [1.807, 2.05) is 68.4 Å². The summed E-state index contributed by atoms with van der Waals surface area (Å²) >= 11 is 7.49. The maximum absolute atomic E-state index is 12.2. The summed E-state index contributed by atoms with van der Waals surface area (Å²) < 4.78 is 1.77. The predicted molar refractivity (Wildman–Crippen MR) is 109 cm³/mol. The summed E-state index contributed by atoms with van der Waals surface area (Å²) in [6.45, 7) is 4.62. The molecule has 0 aliphatic rings. The summed E-state index contributed by atoms with van der Waals surface area (Å²) in [4.78, 5) is 17.4. The molecule has 0 spiro atoms. The molecule has 0 bridgehead atoms. The largest absolute Gasteiger partial charge is 0.325 e. The molecule has 7 heteroatoms. The fraction of sp³-hybridized carbons (Fsp3) is 0.250. The van der Waals surface area contributed by atoms with Crippen molar-refractivity contribution in [1.82, 2.24) is 14.8 Å². The number of carbonyl (C=O) groups is 1. The first-order valence-electron chi connectivity index (χ1n) is 8.72. The molecule has 0 aliphatic carbocycles. The Morgan fingerprint density at radius 1 is 1.15 bits per heavy atom. The predicted octanol–water partition coefficient (Wildman–Crippen LogP) is 5.12. The second-order valence-corrected chi connectivity index (χ2v) is 7.90. The van der Waals surface area contributed by atoms with E-state index in [0.29, 0.717) is 24.0 Å².